The second-order valence-electron chi connectivity index (χ2n) is 4.48. The molecule has 1 rings (SSSR count). The van der Waals surface area contributed by atoms with E-state index in [1.807, 2.05) is 12.1 Å². The number of carbonyl (C=O) groups excluding carboxylic acids is 1. The molecule has 0 heterocycles. The van der Waals surface area contributed by atoms with Crippen LogP contribution in [0.2, 0.25) is 0 Å². The molecule has 1 aromatic rings. The minimum absolute atomic E-state index is 0.0411. The fourth-order valence-electron chi connectivity index (χ4n) is 1.91. The lowest BCUT2D eigenvalue weighted by molar-refractivity contribution is -0.116. The molecular formula is C14H21NO3. The number of aliphatic hydroxyl groups is 2. The lowest BCUT2D eigenvalue weighted by Crippen LogP contribution is -2.24. The molecule has 0 aliphatic rings. The number of nitrogens with one attached hydrogen (secondary N) is 1. The van der Waals surface area contributed by atoms with Crippen molar-refractivity contribution in [3.63, 3.8) is 0 Å². The molecule has 0 spiro atoms. The maximum Gasteiger partial charge on any atom is 0.134 e. The number of benzene rings is 1. The lowest BCUT2D eigenvalue weighted by atomic mass is 9.94. The summed E-state index contributed by atoms with van der Waals surface area (Å²) in [5.74, 6) is 0.0411. The number of rotatable bonds is 7. The number of hydrogen-bond acceptors (Lipinski definition) is 4. The van der Waals surface area contributed by atoms with E-state index in [9.17, 15) is 15.0 Å². The molecule has 0 fully saturated rings. The van der Waals surface area contributed by atoms with Gasteiger partial charge in [-0.25, -0.2) is 0 Å². The van der Waals surface area contributed by atoms with Crippen LogP contribution in [-0.2, 0) is 11.2 Å². The third-order valence-corrected chi connectivity index (χ3v) is 2.87. The van der Waals surface area contributed by atoms with Crippen LogP contribution in [0.5, 0.6) is 0 Å². The van der Waals surface area contributed by atoms with Gasteiger partial charge in [-0.1, -0.05) is 24.3 Å². The van der Waals surface area contributed by atoms with Gasteiger partial charge < -0.3 is 15.5 Å². The molecule has 18 heavy (non-hydrogen) atoms. The molecule has 0 aliphatic carbocycles. The number of carbonyl (C=O) groups is 1. The van der Waals surface area contributed by atoms with Gasteiger partial charge in [0.25, 0.3) is 0 Å². The van der Waals surface area contributed by atoms with Crippen LogP contribution < -0.4 is 5.32 Å². The molecular weight excluding hydrogens is 230 g/mol. The van der Waals surface area contributed by atoms with E-state index in [0.717, 1.165) is 5.56 Å². The fraction of sp³-hybridized carbons (Fsp3) is 0.500. The van der Waals surface area contributed by atoms with Gasteiger partial charge in [0.05, 0.1) is 6.10 Å². The van der Waals surface area contributed by atoms with E-state index in [1.165, 1.54) is 6.92 Å². The van der Waals surface area contributed by atoms with Crippen molar-refractivity contribution in [2.24, 2.45) is 0 Å². The third kappa shape index (κ3) is 4.22. The van der Waals surface area contributed by atoms with Gasteiger partial charge in [0.2, 0.25) is 0 Å². The maximum absolute atomic E-state index is 11.2. The minimum atomic E-state index is -0.950. The molecule has 0 aromatic heterocycles. The van der Waals surface area contributed by atoms with Crippen LogP contribution in [0.25, 0.3) is 0 Å². The first-order valence-electron chi connectivity index (χ1n) is 6.14. The summed E-state index contributed by atoms with van der Waals surface area (Å²) in [5.41, 5.74) is 1.41. The van der Waals surface area contributed by atoms with Crippen molar-refractivity contribution in [2.45, 2.75) is 32.0 Å². The summed E-state index contributed by atoms with van der Waals surface area (Å²) in [6.07, 6.45) is -1.03. The first-order chi connectivity index (χ1) is 8.56. The van der Waals surface area contributed by atoms with Crippen LogP contribution in [0.3, 0.4) is 0 Å². The van der Waals surface area contributed by atoms with Gasteiger partial charge in [-0.05, 0) is 38.1 Å². The highest BCUT2D eigenvalue weighted by Gasteiger charge is 2.20. The molecule has 4 nitrogen and oxygen atoms in total. The lowest BCUT2D eigenvalue weighted by Gasteiger charge is -2.20. The van der Waals surface area contributed by atoms with Gasteiger partial charge in [-0.15, -0.1) is 0 Å². The van der Waals surface area contributed by atoms with E-state index >= 15 is 0 Å². The van der Waals surface area contributed by atoms with Crippen molar-refractivity contribution in [1.82, 2.24) is 5.32 Å². The van der Waals surface area contributed by atoms with Crippen molar-refractivity contribution < 1.29 is 15.0 Å². The van der Waals surface area contributed by atoms with E-state index < -0.39 is 12.2 Å². The SMILES string of the molecule is CNCCC(O)C(O)c1ccccc1CC(C)=O. The zero-order chi connectivity index (χ0) is 13.5. The predicted molar refractivity (Wildman–Crippen MR) is 70.3 cm³/mol. The zero-order valence-corrected chi connectivity index (χ0v) is 10.9. The Hall–Kier alpha value is -1.23. The first kappa shape index (κ1) is 14.8. The molecule has 0 saturated heterocycles. The molecule has 0 bridgehead atoms. The Morgan fingerprint density at radius 1 is 1.33 bits per heavy atom. The molecule has 0 aliphatic heterocycles. The van der Waals surface area contributed by atoms with Crippen LogP contribution >= 0.6 is 0 Å². The summed E-state index contributed by atoms with van der Waals surface area (Å²) >= 11 is 0. The molecule has 0 saturated carbocycles. The second-order valence-corrected chi connectivity index (χ2v) is 4.48. The van der Waals surface area contributed by atoms with Crippen LogP contribution in [-0.4, -0.2) is 35.7 Å². The van der Waals surface area contributed by atoms with Crippen LogP contribution in [0, 0.1) is 0 Å². The molecule has 100 valence electrons. The first-order valence-corrected chi connectivity index (χ1v) is 6.14. The Morgan fingerprint density at radius 2 is 2.00 bits per heavy atom. The van der Waals surface area contributed by atoms with Crippen molar-refractivity contribution in [2.75, 3.05) is 13.6 Å². The minimum Gasteiger partial charge on any atom is -0.390 e. The summed E-state index contributed by atoms with van der Waals surface area (Å²) in [7, 11) is 1.79. The molecule has 1 aromatic carbocycles. The summed E-state index contributed by atoms with van der Waals surface area (Å²) in [5, 5.41) is 22.9. The van der Waals surface area contributed by atoms with Gasteiger partial charge in [-0.2, -0.15) is 0 Å². The smallest absolute Gasteiger partial charge is 0.134 e. The molecule has 3 N–H and O–H groups in total. The Bertz CT molecular complexity index is 392. The monoisotopic (exact) mass is 251 g/mol. The van der Waals surface area contributed by atoms with E-state index in [4.69, 9.17) is 0 Å². The molecule has 2 unspecified atom stereocenters. The molecule has 2 atom stereocenters. The Balaban J connectivity index is 2.83. The van der Waals surface area contributed by atoms with Crippen molar-refractivity contribution in [3.05, 3.63) is 35.4 Å². The van der Waals surface area contributed by atoms with E-state index in [-0.39, 0.29) is 12.2 Å². The summed E-state index contributed by atoms with van der Waals surface area (Å²) in [4.78, 5) is 11.2. The topological polar surface area (TPSA) is 69.6 Å². The highest BCUT2D eigenvalue weighted by Crippen LogP contribution is 2.23. The quantitative estimate of drug-likeness (QED) is 0.671. The van der Waals surface area contributed by atoms with Gasteiger partial charge in [0, 0.05) is 6.42 Å². The van der Waals surface area contributed by atoms with Gasteiger partial charge in [0.15, 0.2) is 0 Å². The highest BCUT2D eigenvalue weighted by molar-refractivity contribution is 5.78. The summed E-state index contributed by atoms with van der Waals surface area (Å²) in [6, 6.07) is 7.19. The van der Waals surface area contributed by atoms with Crippen LogP contribution in [0.4, 0.5) is 0 Å². The normalized spacial score (nSPS) is 14.2. The van der Waals surface area contributed by atoms with Gasteiger partial charge in [0.1, 0.15) is 11.9 Å². The number of ketones is 1. The second kappa shape index (κ2) is 7.26. The van der Waals surface area contributed by atoms with Gasteiger partial charge in [-0.3, -0.25) is 4.79 Å². The highest BCUT2D eigenvalue weighted by atomic mass is 16.3. The van der Waals surface area contributed by atoms with Crippen LogP contribution in [0.15, 0.2) is 24.3 Å². The third-order valence-electron chi connectivity index (χ3n) is 2.87. The van der Waals surface area contributed by atoms with Crippen molar-refractivity contribution >= 4 is 5.78 Å². The average molecular weight is 251 g/mol. The standard InChI is InChI=1S/C14H21NO3/c1-10(16)9-11-5-3-4-6-12(11)14(18)13(17)7-8-15-2/h3-6,13-15,17-18H,7-9H2,1-2H3. The Labute approximate surface area is 108 Å². The van der Waals surface area contributed by atoms with Crippen molar-refractivity contribution in [3.8, 4) is 0 Å². The largest absolute Gasteiger partial charge is 0.390 e. The summed E-state index contributed by atoms with van der Waals surface area (Å²) < 4.78 is 0. The van der Waals surface area contributed by atoms with E-state index in [1.54, 1.807) is 19.2 Å². The zero-order valence-electron chi connectivity index (χ0n) is 10.9. The van der Waals surface area contributed by atoms with E-state index in [0.29, 0.717) is 18.5 Å². The molecule has 0 amide bonds. The Morgan fingerprint density at radius 3 is 2.61 bits per heavy atom. The predicted octanol–water partition coefficient (Wildman–Crippen LogP) is 0.822. The van der Waals surface area contributed by atoms with Crippen LogP contribution in [0.1, 0.15) is 30.6 Å². The van der Waals surface area contributed by atoms with Gasteiger partial charge >= 0.3 is 0 Å². The van der Waals surface area contributed by atoms with E-state index in [2.05, 4.69) is 5.32 Å². The average Bonchev–Trinajstić information content (AvgIpc) is 2.35. The summed E-state index contributed by atoms with van der Waals surface area (Å²) in [6.45, 7) is 2.15. The number of Topliss-reactive ketones (excluding diaryl/α,β-unsaturated/α-hetero) is 1. The molecule has 4 heteroatoms. The molecule has 0 radical (unpaired) electrons. The maximum atomic E-state index is 11.2. The number of hydrogen-bond donors (Lipinski definition) is 3. The number of aliphatic hydroxyl groups excluding tert-OH is 2. The fourth-order valence-corrected chi connectivity index (χ4v) is 1.91. The Kier molecular flexibility index (Phi) is 5.98. The van der Waals surface area contributed by atoms with Crippen molar-refractivity contribution in [1.29, 1.82) is 0 Å².